The molecule has 0 aliphatic heterocycles. The van der Waals surface area contributed by atoms with Crippen LogP contribution in [0.1, 0.15) is 19.4 Å². The zero-order chi connectivity index (χ0) is 10.6. The summed E-state index contributed by atoms with van der Waals surface area (Å²) in [5, 5.41) is 0. The van der Waals surface area contributed by atoms with Gasteiger partial charge >= 0.3 is 0 Å². The zero-order valence-corrected chi connectivity index (χ0v) is 9.33. The number of rotatable bonds is 4. The van der Waals surface area contributed by atoms with Crippen LogP contribution < -0.4 is 5.73 Å². The Morgan fingerprint density at radius 2 is 1.86 bits per heavy atom. The Morgan fingerprint density at radius 3 is 2.36 bits per heavy atom. The second kappa shape index (κ2) is 4.58. The largest absolute Gasteiger partial charge is 0.321 e. The van der Waals surface area contributed by atoms with E-state index in [-0.39, 0.29) is 5.54 Å². The van der Waals surface area contributed by atoms with Gasteiger partial charge in [0.2, 0.25) is 0 Å². The first-order valence-electron chi connectivity index (χ1n) is 5.09. The predicted molar refractivity (Wildman–Crippen MR) is 61.2 cm³/mol. The van der Waals surface area contributed by atoms with Crippen LogP contribution in [0.2, 0.25) is 0 Å². The van der Waals surface area contributed by atoms with Crippen LogP contribution in [0.3, 0.4) is 0 Å². The van der Waals surface area contributed by atoms with Gasteiger partial charge in [0.05, 0.1) is 5.54 Å². The Balaban J connectivity index is 2.75. The highest BCUT2D eigenvalue weighted by atomic mass is 15.1. The van der Waals surface area contributed by atoms with Crippen molar-refractivity contribution in [1.82, 2.24) is 4.90 Å². The second-order valence-corrected chi connectivity index (χ2v) is 4.11. The summed E-state index contributed by atoms with van der Waals surface area (Å²) in [4.78, 5) is 2.23. The molecular weight excluding hydrogens is 172 g/mol. The van der Waals surface area contributed by atoms with Gasteiger partial charge in [0.1, 0.15) is 0 Å². The molecular formula is C12H20N2. The van der Waals surface area contributed by atoms with Crippen molar-refractivity contribution in [3.63, 3.8) is 0 Å². The minimum absolute atomic E-state index is 0.258. The topological polar surface area (TPSA) is 29.3 Å². The lowest BCUT2D eigenvalue weighted by Crippen LogP contribution is -2.43. The third-order valence-electron chi connectivity index (χ3n) is 2.57. The van der Waals surface area contributed by atoms with Gasteiger partial charge in [0.15, 0.2) is 0 Å². The molecule has 14 heavy (non-hydrogen) atoms. The van der Waals surface area contributed by atoms with Crippen LogP contribution in [0.4, 0.5) is 0 Å². The number of nitrogens with zero attached hydrogens (tertiary/aromatic N) is 1. The minimum atomic E-state index is -0.258. The molecule has 0 amide bonds. The number of nitrogens with two attached hydrogens (primary N) is 1. The molecule has 1 aromatic carbocycles. The van der Waals surface area contributed by atoms with E-state index in [4.69, 9.17) is 5.73 Å². The SMILES string of the molecule is CCN(C)CC(C)(N)c1ccccc1. The van der Waals surface area contributed by atoms with Gasteiger partial charge in [-0.05, 0) is 26.1 Å². The maximum Gasteiger partial charge on any atom is 0.0509 e. The van der Waals surface area contributed by atoms with E-state index >= 15 is 0 Å². The molecule has 0 spiro atoms. The molecule has 1 unspecified atom stereocenters. The van der Waals surface area contributed by atoms with E-state index in [1.54, 1.807) is 0 Å². The van der Waals surface area contributed by atoms with Crippen molar-refractivity contribution in [3.05, 3.63) is 35.9 Å². The van der Waals surface area contributed by atoms with Gasteiger partial charge in [-0.2, -0.15) is 0 Å². The summed E-state index contributed by atoms with van der Waals surface area (Å²) in [6.45, 7) is 6.13. The average molecular weight is 192 g/mol. The highest BCUT2D eigenvalue weighted by Gasteiger charge is 2.21. The van der Waals surface area contributed by atoms with E-state index in [1.165, 1.54) is 5.56 Å². The molecule has 0 saturated carbocycles. The summed E-state index contributed by atoms with van der Waals surface area (Å²) in [7, 11) is 2.09. The van der Waals surface area contributed by atoms with Crippen LogP contribution in [-0.4, -0.2) is 25.0 Å². The molecule has 78 valence electrons. The first-order chi connectivity index (χ1) is 6.56. The van der Waals surface area contributed by atoms with Gasteiger partial charge in [-0.3, -0.25) is 0 Å². The van der Waals surface area contributed by atoms with E-state index < -0.39 is 0 Å². The van der Waals surface area contributed by atoms with Crippen molar-refractivity contribution in [1.29, 1.82) is 0 Å². The molecule has 0 fully saturated rings. The molecule has 1 aromatic rings. The van der Waals surface area contributed by atoms with E-state index in [0.29, 0.717) is 0 Å². The van der Waals surface area contributed by atoms with Gasteiger partial charge in [0, 0.05) is 6.54 Å². The van der Waals surface area contributed by atoms with E-state index in [0.717, 1.165) is 13.1 Å². The zero-order valence-electron chi connectivity index (χ0n) is 9.33. The fourth-order valence-corrected chi connectivity index (χ4v) is 1.58. The van der Waals surface area contributed by atoms with E-state index in [1.807, 2.05) is 18.2 Å². The lowest BCUT2D eigenvalue weighted by atomic mass is 9.93. The lowest BCUT2D eigenvalue weighted by Gasteiger charge is -2.30. The Hall–Kier alpha value is -0.860. The summed E-state index contributed by atoms with van der Waals surface area (Å²) in [5.74, 6) is 0. The monoisotopic (exact) mass is 192 g/mol. The summed E-state index contributed by atoms with van der Waals surface area (Å²) < 4.78 is 0. The smallest absolute Gasteiger partial charge is 0.0509 e. The van der Waals surface area contributed by atoms with E-state index in [2.05, 4.69) is 37.9 Å². The Kier molecular flexibility index (Phi) is 3.67. The van der Waals surface area contributed by atoms with Crippen molar-refractivity contribution in [3.8, 4) is 0 Å². The van der Waals surface area contributed by atoms with Gasteiger partial charge in [-0.15, -0.1) is 0 Å². The molecule has 1 rings (SSSR count). The molecule has 2 nitrogen and oxygen atoms in total. The van der Waals surface area contributed by atoms with Crippen LogP contribution in [0.5, 0.6) is 0 Å². The number of hydrogen-bond donors (Lipinski definition) is 1. The molecule has 0 heterocycles. The van der Waals surface area contributed by atoms with Gasteiger partial charge in [-0.25, -0.2) is 0 Å². The first kappa shape index (κ1) is 11.2. The van der Waals surface area contributed by atoms with Crippen LogP contribution in [0.15, 0.2) is 30.3 Å². The third kappa shape index (κ3) is 2.82. The molecule has 2 heteroatoms. The molecule has 2 N–H and O–H groups in total. The summed E-state index contributed by atoms with van der Waals surface area (Å²) in [6.07, 6.45) is 0. The van der Waals surface area contributed by atoms with Crippen molar-refractivity contribution in [2.24, 2.45) is 5.73 Å². The van der Waals surface area contributed by atoms with Crippen LogP contribution >= 0.6 is 0 Å². The molecule has 0 aromatic heterocycles. The minimum Gasteiger partial charge on any atom is -0.321 e. The average Bonchev–Trinajstić information content (AvgIpc) is 2.18. The summed E-state index contributed by atoms with van der Waals surface area (Å²) >= 11 is 0. The Labute approximate surface area is 86.7 Å². The quantitative estimate of drug-likeness (QED) is 0.788. The molecule has 0 aliphatic carbocycles. The molecule has 0 saturated heterocycles. The normalized spacial score (nSPS) is 15.5. The van der Waals surface area contributed by atoms with Gasteiger partial charge in [-0.1, -0.05) is 37.3 Å². The highest BCUT2D eigenvalue weighted by molar-refractivity contribution is 5.23. The lowest BCUT2D eigenvalue weighted by molar-refractivity contribution is 0.271. The fraction of sp³-hybridized carbons (Fsp3) is 0.500. The molecule has 0 bridgehead atoms. The number of benzene rings is 1. The van der Waals surface area contributed by atoms with Crippen molar-refractivity contribution in [2.75, 3.05) is 20.1 Å². The molecule has 0 aliphatic rings. The van der Waals surface area contributed by atoms with Crippen LogP contribution in [0.25, 0.3) is 0 Å². The molecule has 0 radical (unpaired) electrons. The third-order valence-corrected chi connectivity index (χ3v) is 2.57. The predicted octanol–water partition coefficient (Wildman–Crippen LogP) is 1.81. The number of hydrogen-bond acceptors (Lipinski definition) is 2. The van der Waals surface area contributed by atoms with Gasteiger partial charge in [0.25, 0.3) is 0 Å². The number of likely N-dealkylation sites (N-methyl/N-ethyl adjacent to an activating group) is 1. The van der Waals surface area contributed by atoms with E-state index in [9.17, 15) is 0 Å². The van der Waals surface area contributed by atoms with Crippen molar-refractivity contribution < 1.29 is 0 Å². The van der Waals surface area contributed by atoms with Crippen LogP contribution in [-0.2, 0) is 5.54 Å². The maximum atomic E-state index is 6.27. The standard InChI is InChI=1S/C12H20N2/c1-4-14(3)10-12(2,13)11-8-6-5-7-9-11/h5-9H,4,10,13H2,1-3H3. The Bertz CT molecular complexity index is 267. The fourth-order valence-electron chi connectivity index (χ4n) is 1.58. The second-order valence-electron chi connectivity index (χ2n) is 4.11. The summed E-state index contributed by atoms with van der Waals surface area (Å²) in [5.41, 5.74) is 7.21. The Morgan fingerprint density at radius 1 is 1.29 bits per heavy atom. The highest BCUT2D eigenvalue weighted by Crippen LogP contribution is 2.17. The molecule has 1 atom stereocenters. The van der Waals surface area contributed by atoms with Crippen molar-refractivity contribution in [2.45, 2.75) is 19.4 Å². The van der Waals surface area contributed by atoms with Crippen LogP contribution in [0, 0.1) is 0 Å². The summed E-state index contributed by atoms with van der Waals surface area (Å²) in [6, 6.07) is 10.3. The van der Waals surface area contributed by atoms with Crippen molar-refractivity contribution >= 4 is 0 Å². The maximum absolute atomic E-state index is 6.27. The first-order valence-corrected chi connectivity index (χ1v) is 5.09. The van der Waals surface area contributed by atoms with Gasteiger partial charge < -0.3 is 10.6 Å².